The zero-order valence-electron chi connectivity index (χ0n) is 10.5. The van der Waals surface area contributed by atoms with Gasteiger partial charge in [0.15, 0.2) is 0 Å². The standard InChI is InChI=1S/C13H17ClN2O2/c1-12(10-6-4-3-5-7-10)13(2,14)15-8-9-16(12)11(17)18/h3-7,15H,8-9H2,1-2H3,(H,17,18). The maximum Gasteiger partial charge on any atom is 0.408 e. The van der Waals surface area contributed by atoms with Crippen molar-refractivity contribution in [1.82, 2.24) is 10.2 Å². The third-order valence-electron chi connectivity index (χ3n) is 3.81. The number of hydrogen-bond acceptors (Lipinski definition) is 2. The quantitative estimate of drug-likeness (QED) is 0.608. The number of halogens is 1. The van der Waals surface area contributed by atoms with Gasteiger partial charge in [-0.25, -0.2) is 4.79 Å². The molecule has 0 spiro atoms. The van der Waals surface area contributed by atoms with Crippen LogP contribution in [0, 0.1) is 0 Å². The van der Waals surface area contributed by atoms with Gasteiger partial charge >= 0.3 is 6.09 Å². The fourth-order valence-electron chi connectivity index (χ4n) is 2.53. The Morgan fingerprint density at radius 3 is 2.56 bits per heavy atom. The molecule has 2 N–H and O–H groups in total. The smallest absolute Gasteiger partial charge is 0.408 e. The fraction of sp³-hybridized carbons (Fsp3) is 0.462. The molecular weight excluding hydrogens is 252 g/mol. The number of piperazine rings is 1. The Morgan fingerprint density at radius 2 is 2.00 bits per heavy atom. The third kappa shape index (κ3) is 1.85. The summed E-state index contributed by atoms with van der Waals surface area (Å²) in [7, 11) is 0. The molecule has 18 heavy (non-hydrogen) atoms. The van der Waals surface area contributed by atoms with Crippen LogP contribution in [0.15, 0.2) is 30.3 Å². The third-order valence-corrected chi connectivity index (χ3v) is 4.31. The maximum atomic E-state index is 11.5. The SMILES string of the molecule is CC1(Cl)NCCN(C(=O)O)C1(C)c1ccccc1. The van der Waals surface area contributed by atoms with E-state index < -0.39 is 16.6 Å². The van der Waals surface area contributed by atoms with Crippen LogP contribution in [-0.4, -0.2) is 34.2 Å². The maximum absolute atomic E-state index is 11.5. The van der Waals surface area contributed by atoms with Crippen LogP contribution in [0.25, 0.3) is 0 Å². The molecule has 0 saturated carbocycles. The molecular formula is C13H17ClN2O2. The molecule has 1 aliphatic rings. The molecule has 1 aromatic rings. The molecule has 1 aromatic carbocycles. The van der Waals surface area contributed by atoms with Crippen molar-refractivity contribution in [3.63, 3.8) is 0 Å². The van der Waals surface area contributed by atoms with Crippen LogP contribution in [0.1, 0.15) is 19.4 Å². The average molecular weight is 269 g/mol. The molecule has 0 bridgehead atoms. The second kappa shape index (κ2) is 4.44. The second-order valence-corrected chi connectivity index (χ2v) is 5.56. The summed E-state index contributed by atoms with van der Waals surface area (Å²) in [4.78, 5) is 12.0. The van der Waals surface area contributed by atoms with E-state index in [0.29, 0.717) is 13.1 Å². The monoisotopic (exact) mass is 268 g/mol. The van der Waals surface area contributed by atoms with E-state index in [2.05, 4.69) is 5.32 Å². The van der Waals surface area contributed by atoms with Crippen LogP contribution >= 0.6 is 11.6 Å². The van der Waals surface area contributed by atoms with Crippen molar-refractivity contribution in [3.05, 3.63) is 35.9 Å². The first-order valence-corrected chi connectivity index (χ1v) is 6.27. The van der Waals surface area contributed by atoms with Gasteiger partial charge in [0.05, 0.1) is 0 Å². The molecule has 1 amide bonds. The van der Waals surface area contributed by atoms with Crippen molar-refractivity contribution in [2.75, 3.05) is 13.1 Å². The zero-order chi connectivity index (χ0) is 13.4. The Kier molecular flexibility index (Phi) is 3.25. The fourth-order valence-corrected chi connectivity index (χ4v) is 2.83. The van der Waals surface area contributed by atoms with E-state index in [1.54, 1.807) is 0 Å². The van der Waals surface area contributed by atoms with Gasteiger partial charge in [0.2, 0.25) is 0 Å². The summed E-state index contributed by atoms with van der Waals surface area (Å²) >= 11 is 6.54. The predicted octanol–water partition coefficient (Wildman–Crippen LogP) is 2.44. The van der Waals surface area contributed by atoms with Crippen molar-refractivity contribution in [2.45, 2.75) is 24.4 Å². The number of hydrogen-bond donors (Lipinski definition) is 2. The molecule has 2 atom stereocenters. The molecule has 4 nitrogen and oxygen atoms in total. The lowest BCUT2D eigenvalue weighted by atomic mass is 9.81. The van der Waals surface area contributed by atoms with Crippen LogP contribution in [0.4, 0.5) is 4.79 Å². The van der Waals surface area contributed by atoms with Crippen LogP contribution in [0.3, 0.4) is 0 Å². The van der Waals surface area contributed by atoms with Gasteiger partial charge in [0.25, 0.3) is 0 Å². The van der Waals surface area contributed by atoms with Gasteiger partial charge < -0.3 is 5.11 Å². The first-order chi connectivity index (χ1) is 8.39. The zero-order valence-corrected chi connectivity index (χ0v) is 11.2. The molecule has 0 radical (unpaired) electrons. The van der Waals surface area contributed by atoms with Crippen molar-refractivity contribution >= 4 is 17.7 Å². The van der Waals surface area contributed by atoms with E-state index >= 15 is 0 Å². The Morgan fingerprint density at radius 1 is 1.39 bits per heavy atom. The highest BCUT2D eigenvalue weighted by molar-refractivity contribution is 6.24. The molecule has 0 aliphatic carbocycles. The lowest BCUT2D eigenvalue weighted by molar-refractivity contribution is 0.0251. The average Bonchev–Trinajstić information content (AvgIpc) is 2.33. The minimum absolute atomic E-state index is 0.420. The van der Waals surface area contributed by atoms with Gasteiger partial charge in [-0.3, -0.25) is 10.2 Å². The summed E-state index contributed by atoms with van der Waals surface area (Å²) in [5, 5.41) is 12.6. The molecule has 1 saturated heterocycles. The van der Waals surface area contributed by atoms with Crippen LogP contribution in [0.2, 0.25) is 0 Å². The Hall–Kier alpha value is -1.26. The molecule has 5 heteroatoms. The molecule has 1 aliphatic heterocycles. The van der Waals surface area contributed by atoms with Crippen LogP contribution in [-0.2, 0) is 5.54 Å². The van der Waals surface area contributed by atoms with Gasteiger partial charge in [0, 0.05) is 13.1 Å². The van der Waals surface area contributed by atoms with Gasteiger partial charge in [0.1, 0.15) is 10.5 Å². The van der Waals surface area contributed by atoms with E-state index in [4.69, 9.17) is 11.6 Å². The molecule has 2 rings (SSSR count). The Balaban J connectivity index is 2.55. The number of alkyl halides is 1. The number of carbonyl (C=O) groups is 1. The normalized spacial score (nSPS) is 32.3. The van der Waals surface area contributed by atoms with E-state index in [1.165, 1.54) is 4.90 Å². The Bertz CT molecular complexity index is 450. The van der Waals surface area contributed by atoms with Gasteiger partial charge in [-0.05, 0) is 19.4 Å². The van der Waals surface area contributed by atoms with Crippen molar-refractivity contribution in [1.29, 1.82) is 0 Å². The van der Waals surface area contributed by atoms with Gasteiger partial charge in [-0.2, -0.15) is 0 Å². The minimum Gasteiger partial charge on any atom is -0.465 e. The van der Waals surface area contributed by atoms with Crippen molar-refractivity contribution in [3.8, 4) is 0 Å². The molecule has 1 fully saturated rings. The lowest BCUT2D eigenvalue weighted by Gasteiger charge is -2.52. The Labute approximate surface area is 112 Å². The van der Waals surface area contributed by atoms with E-state index in [0.717, 1.165) is 5.56 Å². The largest absolute Gasteiger partial charge is 0.465 e. The number of rotatable bonds is 1. The topological polar surface area (TPSA) is 52.6 Å². The summed E-state index contributed by atoms with van der Waals surface area (Å²) in [5.41, 5.74) is 0.0805. The van der Waals surface area contributed by atoms with Gasteiger partial charge in [-0.15, -0.1) is 0 Å². The first-order valence-electron chi connectivity index (χ1n) is 5.89. The van der Waals surface area contributed by atoms with E-state index in [9.17, 15) is 9.90 Å². The molecule has 1 heterocycles. The summed E-state index contributed by atoms with van der Waals surface area (Å²) < 4.78 is 0. The lowest BCUT2D eigenvalue weighted by Crippen LogP contribution is -2.69. The van der Waals surface area contributed by atoms with Crippen molar-refractivity contribution < 1.29 is 9.90 Å². The van der Waals surface area contributed by atoms with E-state index in [-0.39, 0.29) is 0 Å². The first kappa shape index (κ1) is 13.2. The number of amides is 1. The highest BCUT2D eigenvalue weighted by atomic mass is 35.5. The van der Waals surface area contributed by atoms with Crippen LogP contribution < -0.4 is 5.32 Å². The summed E-state index contributed by atoms with van der Waals surface area (Å²) in [5.74, 6) is 0. The van der Waals surface area contributed by atoms with Crippen molar-refractivity contribution in [2.24, 2.45) is 0 Å². The highest BCUT2D eigenvalue weighted by Crippen LogP contribution is 2.42. The predicted molar refractivity (Wildman–Crippen MR) is 70.8 cm³/mol. The van der Waals surface area contributed by atoms with E-state index in [1.807, 2.05) is 44.2 Å². The van der Waals surface area contributed by atoms with Gasteiger partial charge in [-0.1, -0.05) is 41.9 Å². The number of carboxylic acid groups (broad SMARTS) is 1. The summed E-state index contributed by atoms with van der Waals surface area (Å²) in [6.07, 6.45) is -0.949. The molecule has 98 valence electrons. The number of benzene rings is 1. The summed E-state index contributed by atoms with van der Waals surface area (Å²) in [6, 6.07) is 9.50. The minimum atomic E-state index is -0.949. The summed E-state index contributed by atoms with van der Waals surface area (Å²) in [6.45, 7) is 4.64. The molecule has 0 aromatic heterocycles. The number of nitrogens with one attached hydrogen (secondary N) is 1. The molecule has 2 unspecified atom stereocenters. The number of nitrogens with zero attached hydrogens (tertiary/aromatic N) is 1. The second-order valence-electron chi connectivity index (χ2n) is 4.80. The highest BCUT2D eigenvalue weighted by Gasteiger charge is 2.53. The van der Waals surface area contributed by atoms with Crippen LogP contribution in [0.5, 0.6) is 0 Å².